The van der Waals surface area contributed by atoms with Gasteiger partial charge in [-0.3, -0.25) is 10.0 Å². The molecule has 0 aliphatic heterocycles. The molecule has 1 unspecified atom stereocenters. The summed E-state index contributed by atoms with van der Waals surface area (Å²) in [5.41, 5.74) is 0. The SMILES string of the molecule is CCCCC(C=O)CN(O)C=O. The van der Waals surface area contributed by atoms with Crippen molar-refractivity contribution in [1.82, 2.24) is 5.06 Å². The van der Waals surface area contributed by atoms with Crippen LogP contribution in [0.3, 0.4) is 0 Å². The second-order valence-electron chi connectivity index (χ2n) is 2.77. The van der Waals surface area contributed by atoms with Crippen LogP contribution in [0.4, 0.5) is 0 Å². The maximum absolute atomic E-state index is 10.4. The van der Waals surface area contributed by atoms with Gasteiger partial charge < -0.3 is 4.79 Å². The van der Waals surface area contributed by atoms with Gasteiger partial charge in [-0.05, 0) is 6.42 Å². The zero-order chi connectivity index (χ0) is 9.40. The monoisotopic (exact) mass is 173 g/mol. The molecule has 12 heavy (non-hydrogen) atoms. The third kappa shape index (κ3) is 4.85. The lowest BCUT2D eigenvalue weighted by Gasteiger charge is -2.13. The Morgan fingerprint density at radius 2 is 2.17 bits per heavy atom. The van der Waals surface area contributed by atoms with Crippen molar-refractivity contribution in [2.45, 2.75) is 26.2 Å². The third-order valence-corrected chi connectivity index (χ3v) is 1.66. The smallest absolute Gasteiger partial charge is 0.233 e. The fourth-order valence-electron chi connectivity index (χ4n) is 0.952. The molecule has 0 aromatic rings. The molecule has 70 valence electrons. The Labute approximate surface area is 72.1 Å². The zero-order valence-electron chi connectivity index (χ0n) is 7.27. The summed E-state index contributed by atoms with van der Waals surface area (Å²) in [6, 6.07) is 0. The molecule has 0 heterocycles. The Kier molecular flexibility index (Phi) is 6.28. The number of unbranched alkanes of at least 4 members (excludes halogenated alkanes) is 1. The first kappa shape index (κ1) is 11.1. The highest BCUT2D eigenvalue weighted by Crippen LogP contribution is 2.06. The first-order valence-electron chi connectivity index (χ1n) is 4.10. The molecular weight excluding hydrogens is 158 g/mol. The lowest BCUT2D eigenvalue weighted by Crippen LogP contribution is -2.25. The lowest BCUT2D eigenvalue weighted by atomic mass is 10.0. The highest BCUT2D eigenvalue weighted by atomic mass is 16.5. The van der Waals surface area contributed by atoms with Gasteiger partial charge in [0.05, 0.1) is 6.54 Å². The number of hydroxylamine groups is 2. The average Bonchev–Trinajstić information content (AvgIpc) is 2.11. The van der Waals surface area contributed by atoms with Crippen LogP contribution < -0.4 is 0 Å². The summed E-state index contributed by atoms with van der Waals surface area (Å²) in [6.07, 6.45) is 3.77. The van der Waals surface area contributed by atoms with Crippen LogP contribution in [0, 0.1) is 5.92 Å². The fraction of sp³-hybridized carbons (Fsp3) is 0.750. The molecule has 1 atom stereocenters. The molecule has 1 N–H and O–H groups in total. The number of amides is 1. The molecule has 0 fully saturated rings. The van der Waals surface area contributed by atoms with Gasteiger partial charge in [0.2, 0.25) is 6.41 Å². The van der Waals surface area contributed by atoms with Crippen LogP contribution in [0.1, 0.15) is 26.2 Å². The number of carbonyl (C=O) groups is 2. The van der Waals surface area contributed by atoms with E-state index >= 15 is 0 Å². The summed E-state index contributed by atoms with van der Waals surface area (Å²) in [5, 5.41) is 9.27. The molecule has 1 amide bonds. The predicted octanol–water partition coefficient (Wildman–Crippen LogP) is 0.839. The summed E-state index contributed by atoms with van der Waals surface area (Å²) >= 11 is 0. The fourth-order valence-corrected chi connectivity index (χ4v) is 0.952. The first-order chi connectivity index (χ1) is 5.74. The normalized spacial score (nSPS) is 12.2. The van der Waals surface area contributed by atoms with Crippen molar-refractivity contribution in [3.63, 3.8) is 0 Å². The Morgan fingerprint density at radius 1 is 1.50 bits per heavy atom. The van der Waals surface area contributed by atoms with Gasteiger partial charge in [-0.2, -0.15) is 0 Å². The standard InChI is InChI=1S/C8H15NO3/c1-2-3-4-8(6-10)5-9(12)7-11/h6-8,12H,2-5H2,1H3. The second kappa shape index (κ2) is 6.79. The molecular formula is C8H15NO3. The molecule has 0 aliphatic carbocycles. The summed E-state index contributed by atoms with van der Waals surface area (Å²) in [5.74, 6) is -0.236. The van der Waals surface area contributed by atoms with Gasteiger partial charge in [-0.25, -0.2) is 5.06 Å². The number of aldehydes is 1. The van der Waals surface area contributed by atoms with Gasteiger partial charge >= 0.3 is 0 Å². The van der Waals surface area contributed by atoms with E-state index in [2.05, 4.69) is 0 Å². The van der Waals surface area contributed by atoms with Crippen LogP contribution in [0.5, 0.6) is 0 Å². The van der Waals surface area contributed by atoms with Crippen LogP contribution in [0.15, 0.2) is 0 Å². The minimum atomic E-state index is -0.236. The largest absolute Gasteiger partial charge is 0.303 e. The van der Waals surface area contributed by atoms with Crippen LogP contribution in [-0.4, -0.2) is 29.5 Å². The molecule has 0 bridgehead atoms. The van der Waals surface area contributed by atoms with E-state index < -0.39 is 0 Å². The van der Waals surface area contributed by atoms with E-state index in [0.29, 0.717) is 11.5 Å². The Hall–Kier alpha value is -0.900. The second-order valence-corrected chi connectivity index (χ2v) is 2.77. The van der Waals surface area contributed by atoms with Crippen molar-refractivity contribution >= 4 is 12.7 Å². The van der Waals surface area contributed by atoms with Gasteiger partial charge in [0.1, 0.15) is 6.29 Å². The number of rotatable bonds is 7. The van der Waals surface area contributed by atoms with Gasteiger partial charge in [0.25, 0.3) is 0 Å². The zero-order valence-corrected chi connectivity index (χ0v) is 7.27. The van der Waals surface area contributed by atoms with E-state index in [1.54, 1.807) is 0 Å². The summed E-state index contributed by atoms with van der Waals surface area (Å²) in [7, 11) is 0. The van der Waals surface area contributed by atoms with Crippen LogP contribution in [-0.2, 0) is 9.59 Å². The highest BCUT2D eigenvalue weighted by molar-refractivity contribution is 5.55. The van der Waals surface area contributed by atoms with Gasteiger partial charge in [0.15, 0.2) is 0 Å². The van der Waals surface area contributed by atoms with Crippen molar-refractivity contribution in [3.8, 4) is 0 Å². The Bertz CT molecular complexity index is 138. The van der Waals surface area contributed by atoms with E-state index in [9.17, 15) is 9.59 Å². The van der Waals surface area contributed by atoms with Gasteiger partial charge in [-0.15, -0.1) is 0 Å². The van der Waals surface area contributed by atoms with E-state index in [0.717, 1.165) is 25.5 Å². The Balaban J connectivity index is 3.66. The average molecular weight is 173 g/mol. The van der Waals surface area contributed by atoms with E-state index in [-0.39, 0.29) is 12.5 Å². The quantitative estimate of drug-likeness (QED) is 0.352. The molecule has 0 spiro atoms. The molecule has 4 nitrogen and oxygen atoms in total. The summed E-state index contributed by atoms with van der Waals surface area (Å²) in [4.78, 5) is 20.4. The number of nitrogens with zero attached hydrogens (tertiary/aromatic N) is 1. The lowest BCUT2D eigenvalue weighted by molar-refractivity contribution is -0.153. The number of hydrogen-bond acceptors (Lipinski definition) is 3. The van der Waals surface area contributed by atoms with Crippen LogP contribution >= 0.6 is 0 Å². The summed E-state index contributed by atoms with van der Waals surface area (Å²) < 4.78 is 0. The maximum Gasteiger partial charge on any atom is 0.233 e. The van der Waals surface area contributed by atoms with Crippen molar-refractivity contribution < 1.29 is 14.8 Å². The molecule has 0 aliphatic rings. The maximum atomic E-state index is 10.4. The molecule has 4 heteroatoms. The summed E-state index contributed by atoms with van der Waals surface area (Å²) in [6.45, 7) is 2.13. The van der Waals surface area contributed by atoms with E-state index in [1.165, 1.54) is 0 Å². The number of carbonyl (C=O) groups excluding carboxylic acids is 2. The molecule has 0 saturated carbocycles. The number of hydrogen-bond donors (Lipinski definition) is 1. The van der Waals surface area contributed by atoms with Crippen molar-refractivity contribution in [3.05, 3.63) is 0 Å². The van der Waals surface area contributed by atoms with Crippen molar-refractivity contribution in [1.29, 1.82) is 0 Å². The predicted molar refractivity (Wildman–Crippen MR) is 43.6 cm³/mol. The molecule has 0 aromatic carbocycles. The molecule has 0 radical (unpaired) electrons. The van der Waals surface area contributed by atoms with Crippen LogP contribution in [0.2, 0.25) is 0 Å². The van der Waals surface area contributed by atoms with Crippen molar-refractivity contribution in [2.75, 3.05) is 6.54 Å². The molecule has 0 aromatic heterocycles. The van der Waals surface area contributed by atoms with Gasteiger partial charge in [0, 0.05) is 5.92 Å². The van der Waals surface area contributed by atoms with E-state index in [1.807, 2.05) is 6.92 Å². The van der Waals surface area contributed by atoms with Gasteiger partial charge in [-0.1, -0.05) is 19.8 Å². The molecule has 0 saturated heterocycles. The first-order valence-corrected chi connectivity index (χ1v) is 4.10. The molecule has 0 rings (SSSR count). The topological polar surface area (TPSA) is 57.6 Å². The van der Waals surface area contributed by atoms with E-state index in [4.69, 9.17) is 5.21 Å². The highest BCUT2D eigenvalue weighted by Gasteiger charge is 2.09. The third-order valence-electron chi connectivity index (χ3n) is 1.66. The Morgan fingerprint density at radius 3 is 2.58 bits per heavy atom. The van der Waals surface area contributed by atoms with Crippen LogP contribution in [0.25, 0.3) is 0 Å². The van der Waals surface area contributed by atoms with Crippen molar-refractivity contribution in [2.24, 2.45) is 5.92 Å². The minimum absolute atomic E-state index is 0.104. The minimum Gasteiger partial charge on any atom is -0.303 e.